The first-order valence-corrected chi connectivity index (χ1v) is 9.78. The van der Waals surface area contributed by atoms with E-state index in [1.165, 1.54) is 5.56 Å². The summed E-state index contributed by atoms with van der Waals surface area (Å²) in [6.45, 7) is 5.62. The quantitative estimate of drug-likeness (QED) is 0.721. The molecule has 2 aromatic rings. The monoisotopic (exact) mass is 371 g/mol. The van der Waals surface area contributed by atoms with Crippen LogP contribution in [0.25, 0.3) is 0 Å². The van der Waals surface area contributed by atoms with Crippen LogP contribution in [0.2, 0.25) is 0 Å². The SMILES string of the molecule is CCOCCOc1ccccc1C(=O)NC1CCC(n2cc(C)cn2)CC1. The minimum absolute atomic E-state index is 0.0691. The van der Waals surface area contributed by atoms with Crippen molar-refractivity contribution in [2.24, 2.45) is 0 Å². The number of para-hydroxylation sites is 1. The van der Waals surface area contributed by atoms with Gasteiger partial charge in [-0.3, -0.25) is 9.48 Å². The number of nitrogens with zero attached hydrogens (tertiary/aromatic N) is 2. The van der Waals surface area contributed by atoms with Crippen molar-refractivity contribution >= 4 is 5.91 Å². The third-order valence-electron chi connectivity index (χ3n) is 4.96. The van der Waals surface area contributed by atoms with Gasteiger partial charge in [-0.05, 0) is 57.2 Å². The minimum Gasteiger partial charge on any atom is -0.490 e. The number of ether oxygens (including phenoxy) is 2. The van der Waals surface area contributed by atoms with Gasteiger partial charge in [0.05, 0.1) is 24.4 Å². The summed E-state index contributed by atoms with van der Waals surface area (Å²) in [5, 5.41) is 7.60. The van der Waals surface area contributed by atoms with Gasteiger partial charge in [0.15, 0.2) is 0 Å². The van der Waals surface area contributed by atoms with E-state index in [1.807, 2.05) is 37.4 Å². The molecule has 0 bridgehead atoms. The lowest BCUT2D eigenvalue weighted by Gasteiger charge is -2.29. The number of hydrogen-bond acceptors (Lipinski definition) is 4. The highest BCUT2D eigenvalue weighted by Crippen LogP contribution is 2.28. The topological polar surface area (TPSA) is 65.4 Å². The van der Waals surface area contributed by atoms with Crippen molar-refractivity contribution in [1.82, 2.24) is 15.1 Å². The maximum absolute atomic E-state index is 12.7. The first-order chi connectivity index (χ1) is 13.2. The summed E-state index contributed by atoms with van der Waals surface area (Å²) < 4.78 is 13.1. The molecule has 146 valence electrons. The second-order valence-electron chi connectivity index (χ2n) is 7.02. The number of aryl methyl sites for hydroxylation is 1. The summed E-state index contributed by atoms with van der Waals surface area (Å²) in [5.74, 6) is 0.538. The van der Waals surface area contributed by atoms with Crippen molar-refractivity contribution in [3.05, 3.63) is 47.8 Å². The van der Waals surface area contributed by atoms with Gasteiger partial charge in [-0.25, -0.2) is 0 Å². The fraction of sp³-hybridized carbons (Fsp3) is 0.524. The Balaban J connectivity index is 1.52. The predicted octanol–water partition coefficient (Wildman–Crippen LogP) is 3.52. The maximum Gasteiger partial charge on any atom is 0.255 e. The summed E-state index contributed by atoms with van der Waals surface area (Å²) >= 11 is 0. The normalized spacial score (nSPS) is 19.6. The molecule has 1 fully saturated rings. The maximum atomic E-state index is 12.7. The molecule has 27 heavy (non-hydrogen) atoms. The van der Waals surface area contributed by atoms with Crippen molar-refractivity contribution in [1.29, 1.82) is 0 Å². The van der Waals surface area contributed by atoms with E-state index in [2.05, 4.69) is 28.2 Å². The lowest BCUT2D eigenvalue weighted by atomic mass is 9.91. The number of carbonyl (C=O) groups excluding carboxylic acids is 1. The Hall–Kier alpha value is -2.34. The molecule has 6 nitrogen and oxygen atoms in total. The number of amides is 1. The average molecular weight is 371 g/mol. The predicted molar refractivity (Wildman–Crippen MR) is 104 cm³/mol. The Morgan fingerprint density at radius 3 is 2.70 bits per heavy atom. The van der Waals surface area contributed by atoms with Crippen molar-refractivity contribution in [2.45, 2.75) is 51.6 Å². The summed E-state index contributed by atoms with van der Waals surface area (Å²) in [6.07, 6.45) is 7.97. The van der Waals surface area contributed by atoms with Crippen LogP contribution in [0, 0.1) is 6.92 Å². The van der Waals surface area contributed by atoms with Crippen LogP contribution in [-0.4, -0.2) is 41.6 Å². The summed E-state index contributed by atoms with van der Waals surface area (Å²) in [7, 11) is 0. The second-order valence-corrected chi connectivity index (χ2v) is 7.02. The van der Waals surface area contributed by atoms with Crippen LogP contribution in [0.4, 0.5) is 0 Å². The summed E-state index contributed by atoms with van der Waals surface area (Å²) in [6, 6.07) is 8.01. The van der Waals surface area contributed by atoms with Crippen molar-refractivity contribution < 1.29 is 14.3 Å². The van der Waals surface area contributed by atoms with E-state index in [0.717, 1.165) is 25.7 Å². The molecule has 1 aromatic carbocycles. The molecule has 1 amide bonds. The van der Waals surface area contributed by atoms with E-state index < -0.39 is 0 Å². The van der Waals surface area contributed by atoms with Crippen LogP contribution in [0.3, 0.4) is 0 Å². The number of hydrogen-bond donors (Lipinski definition) is 1. The van der Waals surface area contributed by atoms with Gasteiger partial charge in [-0.15, -0.1) is 0 Å². The van der Waals surface area contributed by atoms with Gasteiger partial charge in [-0.2, -0.15) is 5.10 Å². The Kier molecular flexibility index (Phi) is 6.87. The average Bonchev–Trinajstić information content (AvgIpc) is 3.12. The van der Waals surface area contributed by atoms with Gasteiger partial charge in [0.25, 0.3) is 5.91 Å². The van der Waals surface area contributed by atoms with Gasteiger partial charge in [0.2, 0.25) is 0 Å². The number of carbonyl (C=O) groups is 1. The fourth-order valence-electron chi connectivity index (χ4n) is 3.52. The smallest absolute Gasteiger partial charge is 0.255 e. The highest BCUT2D eigenvalue weighted by molar-refractivity contribution is 5.97. The summed E-state index contributed by atoms with van der Waals surface area (Å²) in [4.78, 5) is 12.7. The molecule has 0 radical (unpaired) electrons. The largest absolute Gasteiger partial charge is 0.490 e. The van der Waals surface area contributed by atoms with Crippen molar-refractivity contribution in [3.8, 4) is 5.75 Å². The number of rotatable bonds is 8. The molecule has 0 atom stereocenters. The van der Waals surface area contributed by atoms with E-state index in [4.69, 9.17) is 9.47 Å². The van der Waals surface area contributed by atoms with Crippen LogP contribution < -0.4 is 10.1 Å². The zero-order chi connectivity index (χ0) is 19.1. The molecule has 0 spiro atoms. The Morgan fingerprint density at radius 2 is 2.00 bits per heavy atom. The van der Waals surface area contributed by atoms with Crippen LogP contribution in [0.5, 0.6) is 5.75 Å². The lowest BCUT2D eigenvalue weighted by molar-refractivity contribution is 0.0906. The molecule has 1 aliphatic carbocycles. The standard InChI is InChI=1S/C21H29N3O3/c1-3-26-12-13-27-20-7-5-4-6-19(20)21(25)23-17-8-10-18(11-9-17)24-15-16(2)14-22-24/h4-7,14-15,17-18H,3,8-13H2,1-2H3,(H,23,25). The van der Waals surface area contributed by atoms with Crippen molar-refractivity contribution in [2.75, 3.05) is 19.8 Å². The molecule has 1 N–H and O–H groups in total. The van der Waals surface area contributed by atoms with E-state index in [-0.39, 0.29) is 11.9 Å². The van der Waals surface area contributed by atoms with E-state index in [1.54, 1.807) is 0 Å². The first-order valence-electron chi connectivity index (χ1n) is 9.78. The molecular formula is C21H29N3O3. The third-order valence-corrected chi connectivity index (χ3v) is 4.96. The molecule has 1 aliphatic rings. The van der Waals surface area contributed by atoms with Gasteiger partial charge in [0, 0.05) is 18.8 Å². The third kappa shape index (κ3) is 5.32. The molecular weight excluding hydrogens is 342 g/mol. The molecule has 1 saturated carbocycles. The fourth-order valence-corrected chi connectivity index (χ4v) is 3.52. The summed E-state index contributed by atoms with van der Waals surface area (Å²) in [5.41, 5.74) is 1.77. The number of benzene rings is 1. The van der Waals surface area contributed by atoms with E-state index in [0.29, 0.717) is 37.2 Å². The van der Waals surface area contributed by atoms with Gasteiger partial charge < -0.3 is 14.8 Å². The van der Waals surface area contributed by atoms with E-state index in [9.17, 15) is 4.79 Å². The number of nitrogens with one attached hydrogen (secondary N) is 1. The second kappa shape index (κ2) is 9.55. The Labute approximate surface area is 160 Å². The molecule has 1 aromatic heterocycles. The zero-order valence-corrected chi connectivity index (χ0v) is 16.2. The Bertz CT molecular complexity index is 736. The zero-order valence-electron chi connectivity index (χ0n) is 16.2. The van der Waals surface area contributed by atoms with Gasteiger partial charge >= 0.3 is 0 Å². The van der Waals surface area contributed by atoms with Crippen LogP contribution in [0.1, 0.15) is 54.6 Å². The number of aromatic nitrogens is 2. The van der Waals surface area contributed by atoms with Crippen molar-refractivity contribution in [3.63, 3.8) is 0 Å². The van der Waals surface area contributed by atoms with Gasteiger partial charge in [0.1, 0.15) is 12.4 Å². The molecule has 0 aliphatic heterocycles. The molecule has 3 rings (SSSR count). The van der Waals surface area contributed by atoms with Crippen LogP contribution in [0.15, 0.2) is 36.7 Å². The molecule has 6 heteroatoms. The van der Waals surface area contributed by atoms with Gasteiger partial charge in [-0.1, -0.05) is 12.1 Å². The molecule has 0 unspecified atom stereocenters. The van der Waals surface area contributed by atoms with E-state index >= 15 is 0 Å². The molecule has 0 saturated heterocycles. The van der Waals surface area contributed by atoms with Crippen LogP contribution >= 0.6 is 0 Å². The highest BCUT2D eigenvalue weighted by atomic mass is 16.5. The molecule has 1 heterocycles. The lowest BCUT2D eigenvalue weighted by Crippen LogP contribution is -2.38. The Morgan fingerprint density at radius 1 is 1.22 bits per heavy atom. The minimum atomic E-state index is -0.0691. The highest BCUT2D eigenvalue weighted by Gasteiger charge is 2.25. The first kappa shape index (κ1) is 19.4. The van der Waals surface area contributed by atoms with Crippen LogP contribution in [-0.2, 0) is 4.74 Å².